The maximum Gasteiger partial charge on any atom is 0.472 e. The van der Waals surface area contributed by atoms with Crippen molar-refractivity contribution in [2.75, 3.05) is 39.6 Å². The molecule has 0 saturated heterocycles. The van der Waals surface area contributed by atoms with Gasteiger partial charge in [-0.1, -0.05) is 150 Å². The van der Waals surface area contributed by atoms with Crippen molar-refractivity contribution in [3.63, 3.8) is 0 Å². The summed E-state index contributed by atoms with van der Waals surface area (Å²) in [6.07, 6.45) is 18.6. The number of aliphatic hydroxyl groups excluding tert-OH is 1. The van der Waals surface area contributed by atoms with E-state index in [0.717, 1.165) is 89.9 Å². The van der Waals surface area contributed by atoms with E-state index in [4.69, 9.17) is 37.0 Å². The van der Waals surface area contributed by atoms with Crippen LogP contribution in [-0.4, -0.2) is 96.7 Å². The number of unbranched alkanes of at least 4 members (excludes halogenated alkanes) is 19. The number of esters is 4. The fraction of sp³-hybridized carbons (Fsp3) is 0.909. The smallest absolute Gasteiger partial charge is 0.462 e. The normalized spacial score (nSPS) is 14.8. The molecular weight excluding hydrogens is 862 g/mol. The van der Waals surface area contributed by atoms with Crippen molar-refractivity contribution in [1.82, 2.24) is 0 Å². The maximum atomic E-state index is 12.7. The number of aliphatic hydroxyl groups is 1. The van der Waals surface area contributed by atoms with E-state index in [0.29, 0.717) is 25.7 Å². The minimum atomic E-state index is -4.91. The Labute approximate surface area is 377 Å². The van der Waals surface area contributed by atoms with Gasteiger partial charge in [0.15, 0.2) is 12.2 Å². The number of ether oxygens (including phenoxy) is 4. The van der Waals surface area contributed by atoms with Crippen LogP contribution in [0.5, 0.6) is 0 Å². The van der Waals surface area contributed by atoms with Crippen LogP contribution in [0.4, 0.5) is 0 Å². The molecule has 0 aliphatic heterocycles. The number of phosphoric ester groups is 2. The first-order valence-corrected chi connectivity index (χ1v) is 26.8. The van der Waals surface area contributed by atoms with Crippen LogP contribution >= 0.6 is 15.6 Å². The number of hydrogen-bond donors (Lipinski definition) is 3. The number of hydrogen-bond acceptors (Lipinski definition) is 15. The second kappa shape index (κ2) is 40.3. The van der Waals surface area contributed by atoms with Crippen molar-refractivity contribution in [3.05, 3.63) is 0 Å². The summed E-state index contributed by atoms with van der Waals surface area (Å²) in [7, 11) is -9.81. The van der Waals surface area contributed by atoms with E-state index in [2.05, 4.69) is 13.8 Å². The molecule has 0 aromatic carbocycles. The van der Waals surface area contributed by atoms with Crippen molar-refractivity contribution >= 4 is 39.5 Å². The van der Waals surface area contributed by atoms with Gasteiger partial charge < -0.3 is 33.8 Å². The van der Waals surface area contributed by atoms with Crippen LogP contribution in [0.15, 0.2) is 0 Å². The average molecular weight is 947 g/mol. The summed E-state index contributed by atoms with van der Waals surface area (Å²) in [5, 5.41) is 10.3. The standard InChI is InChI=1S/C44H84O17P2/c1-5-9-13-16-18-19-20-21-23-27-31-44(49)60-39(34-54-41(46)28-24-12-8-4)36-58-62(50,51)56-32-38(45)33-57-63(52,53)59-37-40(35-55-42(47)29-25-15-11-7-3)61-43(48)30-26-22-17-14-10-6-2/h38-40,45H,5-37H2,1-4H3,(H,50,51)(H,52,53)/t38-,39-,40-/m1/s1. The van der Waals surface area contributed by atoms with Crippen molar-refractivity contribution in [2.24, 2.45) is 0 Å². The third-order valence-corrected chi connectivity index (χ3v) is 11.8. The Morgan fingerprint density at radius 2 is 0.635 bits per heavy atom. The lowest BCUT2D eigenvalue weighted by atomic mass is 10.1. The Kier molecular flexibility index (Phi) is 39.1. The van der Waals surface area contributed by atoms with Gasteiger partial charge in [0.05, 0.1) is 26.4 Å². The molecule has 0 aromatic rings. The fourth-order valence-electron chi connectivity index (χ4n) is 6.10. The molecule has 0 bridgehead atoms. The molecule has 0 aliphatic carbocycles. The predicted octanol–water partition coefficient (Wildman–Crippen LogP) is 10.1. The first-order chi connectivity index (χ1) is 30.2. The van der Waals surface area contributed by atoms with Gasteiger partial charge in [0.2, 0.25) is 0 Å². The van der Waals surface area contributed by atoms with Crippen LogP contribution in [-0.2, 0) is 65.4 Å². The second-order valence-corrected chi connectivity index (χ2v) is 19.0. The second-order valence-electron chi connectivity index (χ2n) is 16.1. The van der Waals surface area contributed by atoms with Gasteiger partial charge in [0.1, 0.15) is 19.3 Å². The van der Waals surface area contributed by atoms with Gasteiger partial charge in [-0.05, 0) is 25.7 Å². The van der Waals surface area contributed by atoms with Gasteiger partial charge in [-0.15, -0.1) is 0 Å². The van der Waals surface area contributed by atoms with Gasteiger partial charge in [-0.25, -0.2) is 9.13 Å². The SMILES string of the molecule is CCCCCCCCCCCCC(=O)O[C@H](COC(=O)CCCCC)COP(=O)(O)OC[C@@H](O)COP(=O)(O)OC[C@@H](COC(=O)CCCCCC)OC(=O)CCCCCCCC. The summed E-state index contributed by atoms with van der Waals surface area (Å²) < 4.78 is 66.3. The molecule has 372 valence electrons. The van der Waals surface area contributed by atoms with E-state index < -0.39 is 97.5 Å². The molecule has 3 N–H and O–H groups in total. The van der Waals surface area contributed by atoms with Crippen molar-refractivity contribution in [3.8, 4) is 0 Å². The lowest BCUT2D eigenvalue weighted by molar-refractivity contribution is -0.161. The zero-order valence-corrected chi connectivity index (χ0v) is 40.8. The monoisotopic (exact) mass is 947 g/mol. The minimum absolute atomic E-state index is 0.101. The average Bonchev–Trinajstić information content (AvgIpc) is 3.25. The molecular formula is C44H84O17P2. The molecule has 0 radical (unpaired) electrons. The molecule has 0 rings (SSSR count). The molecule has 0 aromatic heterocycles. The Bertz CT molecular complexity index is 1270. The molecule has 63 heavy (non-hydrogen) atoms. The molecule has 5 atom stereocenters. The molecule has 0 heterocycles. The highest BCUT2D eigenvalue weighted by Crippen LogP contribution is 2.45. The zero-order valence-electron chi connectivity index (χ0n) is 39.0. The molecule has 2 unspecified atom stereocenters. The molecule has 17 nitrogen and oxygen atoms in total. The molecule has 19 heteroatoms. The third kappa shape index (κ3) is 40.1. The van der Waals surface area contributed by atoms with E-state index in [1.54, 1.807) is 0 Å². The highest BCUT2D eigenvalue weighted by Gasteiger charge is 2.30. The van der Waals surface area contributed by atoms with Crippen molar-refractivity contribution in [2.45, 2.75) is 219 Å². The summed E-state index contributed by atoms with van der Waals surface area (Å²) in [6.45, 7) is 4.35. The zero-order chi connectivity index (χ0) is 47.0. The fourth-order valence-corrected chi connectivity index (χ4v) is 7.68. The van der Waals surface area contributed by atoms with E-state index in [1.807, 2.05) is 13.8 Å². The van der Waals surface area contributed by atoms with Gasteiger partial charge in [-0.3, -0.25) is 37.3 Å². The Hall–Kier alpha value is -1.94. The van der Waals surface area contributed by atoms with Crippen LogP contribution in [0, 0.1) is 0 Å². The highest BCUT2D eigenvalue weighted by molar-refractivity contribution is 7.47. The van der Waals surface area contributed by atoms with Crippen LogP contribution in [0.3, 0.4) is 0 Å². The first kappa shape index (κ1) is 61.1. The Balaban J connectivity index is 5.06. The van der Waals surface area contributed by atoms with Crippen LogP contribution in [0.25, 0.3) is 0 Å². The predicted molar refractivity (Wildman–Crippen MR) is 238 cm³/mol. The molecule has 0 fully saturated rings. The van der Waals surface area contributed by atoms with E-state index >= 15 is 0 Å². The highest BCUT2D eigenvalue weighted by atomic mass is 31.2. The van der Waals surface area contributed by atoms with Crippen molar-refractivity contribution < 1.29 is 80.2 Å². The van der Waals surface area contributed by atoms with E-state index in [9.17, 15) is 43.2 Å². The van der Waals surface area contributed by atoms with Gasteiger partial charge >= 0.3 is 39.5 Å². The molecule has 0 amide bonds. The number of rotatable bonds is 45. The summed E-state index contributed by atoms with van der Waals surface area (Å²) >= 11 is 0. The van der Waals surface area contributed by atoms with E-state index in [-0.39, 0.29) is 25.7 Å². The van der Waals surface area contributed by atoms with Gasteiger partial charge in [-0.2, -0.15) is 0 Å². The Morgan fingerprint density at radius 1 is 0.381 bits per heavy atom. The number of carbonyl (C=O) groups excluding carboxylic acids is 4. The maximum absolute atomic E-state index is 12.7. The first-order valence-electron chi connectivity index (χ1n) is 23.8. The van der Waals surface area contributed by atoms with E-state index in [1.165, 1.54) is 32.1 Å². The largest absolute Gasteiger partial charge is 0.472 e. The lowest BCUT2D eigenvalue weighted by Crippen LogP contribution is -2.30. The molecule has 0 saturated carbocycles. The molecule has 0 aliphatic rings. The number of phosphoric acid groups is 2. The topological polar surface area (TPSA) is 237 Å². The lowest BCUT2D eigenvalue weighted by Gasteiger charge is -2.21. The Morgan fingerprint density at radius 3 is 0.984 bits per heavy atom. The molecule has 0 spiro atoms. The van der Waals surface area contributed by atoms with Crippen molar-refractivity contribution in [1.29, 1.82) is 0 Å². The quantitative estimate of drug-likeness (QED) is 0.0223. The van der Waals surface area contributed by atoms with Gasteiger partial charge in [0.25, 0.3) is 0 Å². The summed E-state index contributed by atoms with van der Waals surface area (Å²) in [5.74, 6) is -2.21. The van der Waals surface area contributed by atoms with Crippen LogP contribution < -0.4 is 0 Å². The third-order valence-electron chi connectivity index (χ3n) is 9.85. The summed E-state index contributed by atoms with van der Waals surface area (Å²) in [4.78, 5) is 70.2. The van der Waals surface area contributed by atoms with Crippen LogP contribution in [0.1, 0.15) is 201 Å². The van der Waals surface area contributed by atoms with Crippen LogP contribution in [0.2, 0.25) is 0 Å². The van der Waals surface area contributed by atoms with Gasteiger partial charge in [0, 0.05) is 25.7 Å². The summed E-state index contributed by atoms with van der Waals surface area (Å²) in [5.41, 5.74) is 0. The number of carbonyl (C=O) groups is 4. The summed E-state index contributed by atoms with van der Waals surface area (Å²) in [6, 6.07) is 0. The minimum Gasteiger partial charge on any atom is -0.462 e.